The lowest BCUT2D eigenvalue weighted by Crippen LogP contribution is -2.30. The summed E-state index contributed by atoms with van der Waals surface area (Å²) < 4.78 is 21.1. The number of benzene rings is 2. The van der Waals surface area contributed by atoms with Gasteiger partial charge >= 0.3 is 0 Å². The van der Waals surface area contributed by atoms with Crippen LogP contribution in [0.4, 0.5) is 10.1 Å². The molecule has 0 aliphatic heterocycles. The smallest absolute Gasteiger partial charge is 0.265 e. The summed E-state index contributed by atoms with van der Waals surface area (Å²) in [5, 5.41) is 14.1. The van der Waals surface area contributed by atoms with Crippen LogP contribution in [-0.4, -0.2) is 32.2 Å². The van der Waals surface area contributed by atoms with Gasteiger partial charge in [-0.1, -0.05) is 29.3 Å². The average Bonchev–Trinajstić information content (AvgIpc) is 3.06. The van der Waals surface area contributed by atoms with Crippen LogP contribution in [0.3, 0.4) is 0 Å². The highest BCUT2D eigenvalue weighted by Gasteiger charge is 2.19. The van der Waals surface area contributed by atoms with Gasteiger partial charge in [-0.3, -0.25) is 4.79 Å². The second-order valence-electron chi connectivity index (χ2n) is 5.60. The molecule has 0 radical (unpaired) electrons. The van der Waals surface area contributed by atoms with Gasteiger partial charge in [0.15, 0.2) is 11.9 Å². The number of nitrogens with one attached hydrogen (secondary N) is 1. The maximum atomic E-state index is 14.1. The minimum absolute atomic E-state index is 0.0277. The Kier molecular flexibility index (Phi) is 5.57. The monoisotopic (exact) mass is 409 g/mol. The van der Waals surface area contributed by atoms with Crippen molar-refractivity contribution in [1.29, 1.82) is 0 Å². The standard InChI is InChI=1S/C17H14Cl2FN5O2/c1-9(27-15-5-3-4-12(18)16(15)19)17(26)21-14-8-11(6-7-13(14)20)25-10(2)22-23-24-25/h3-9H,1-2H3,(H,21,26). The number of hydrogen-bond acceptors (Lipinski definition) is 5. The van der Waals surface area contributed by atoms with Gasteiger partial charge in [0.25, 0.3) is 5.91 Å². The van der Waals surface area contributed by atoms with E-state index in [1.807, 2.05) is 0 Å². The van der Waals surface area contributed by atoms with Gasteiger partial charge in [0.2, 0.25) is 0 Å². The Balaban J connectivity index is 1.77. The first-order chi connectivity index (χ1) is 12.9. The molecule has 1 atom stereocenters. The van der Waals surface area contributed by atoms with E-state index in [4.69, 9.17) is 27.9 Å². The molecule has 3 rings (SSSR count). The Bertz CT molecular complexity index is 995. The van der Waals surface area contributed by atoms with Crippen LogP contribution in [0.25, 0.3) is 5.69 Å². The molecule has 0 saturated carbocycles. The van der Waals surface area contributed by atoms with Crippen LogP contribution in [0.5, 0.6) is 5.75 Å². The van der Waals surface area contributed by atoms with E-state index >= 15 is 0 Å². The van der Waals surface area contributed by atoms with Crippen molar-refractivity contribution in [3.8, 4) is 11.4 Å². The van der Waals surface area contributed by atoms with Gasteiger partial charge in [-0.2, -0.15) is 4.68 Å². The molecular formula is C17H14Cl2FN5O2. The van der Waals surface area contributed by atoms with Crippen LogP contribution in [0.2, 0.25) is 10.0 Å². The molecule has 2 aromatic carbocycles. The third-order valence-electron chi connectivity index (χ3n) is 3.67. The number of aryl methyl sites for hydroxylation is 1. The number of rotatable bonds is 5. The lowest BCUT2D eigenvalue weighted by molar-refractivity contribution is -0.122. The molecule has 27 heavy (non-hydrogen) atoms. The zero-order valence-electron chi connectivity index (χ0n) is 14.3. The number of carbonyl (C=O) groups is 1. The van der Waals surface area contributed by atoms with Crippen molar-refractivity contribution in [1.82, 2.24) is 20.2 Å². The van der Waals surface area contributed by atoms with Crippen LogP contribution in [0.15, 0.2) is 36.4 Å². The van der Waals surface area contributed by atoms with E-state index in [-0.39, 0.29) is 16.5 Å². The fraction of sp³-hybridized carbons (Fsp3) is 0.176. The zero-order valence-corrected chi connectivity index (χ0v) is 15.8. The highest BCUT2D eigenvalue weighted by Crippen LogP contribution is 2.32. The summed E-state index contributed by atoms with van der Waals surface area (Å²) in [7, 11) is 0. The highest BCUT2D eigenvalue weighted by molar-refractivity contribution is 6.42. The minimum Gasteiger partial charge on any atom is -0.479 e. The van der Waals surface area contributed by atoms with Gasteiger partial charge in [0.1, 0.15) is 16.6 Å². The Morgan fingerprint density at radius 2 is 2.07 bits per heavy atom. The normalized spacial score (nSPS) is 11.9. The molecule has 7 nitrogen and oxygen atoms in total. The van der Waals surface area contributed by atoms with E-state index < -0.39 is 17.8 Å². The predicted octanol–water partition coefficient (Wildman–Crippen LogP) is 3.82. The number of hydrogen-bond donors (Lipinski definition) is 1. The van der Waals surface area contributed by atoms with E-state index in [2.05, 4.69) is 20.8 Å². The predicted molar refractivity (Wildman–Crippen MR) is 99.0 cm³/mol. The topological polar surface area (TPSA) is 81.9 Å². The first kappa shape index (κ1) is 19.1. The summed E-state index contributed by atoms with van der Waals surface area (Å²) in [6.45, 7) is 3.21. The Hall–Kier alpha value is -2.71. The van der Waals surface area contributed by atoms with Crippen LogP contribution < -0.4 is 10.1 Å². The third kappa shape index (κ3) is 4.17. The molecule has 0 saturated heterocycles. The molecule has 1 unspecified atom stereocenters. The molecule has 1 N–H and O–H groups in total. The number of amides is 1. The van der Waals surface area contributed by atoms with Crippen molar-refractivity contribution in [2.45, 2.75) is 20.0 Å². The van der Waals surface area contributed by atoms with E-state index in [1.54, 1.807) is 25.1 Å². The molecule has 1 heterocycles. The summed E-state index contributed by atoms with van der Waals surface area (Å²) in [6.07, 6.45) is -0.946. The lowest BCUT2D eigenvalue weighted by atomic mass is 10.2. The molecule has 10 heteroatoms. The van der Waals surface area contributed by atoms with Crippen molar-refractivity contribution in [2.24, 2.45) is 0 Å². The second-order valence-corrected chi connectivity index (χ2v) is 6.39. The summed E-state index contributed by atoms with van der Waals surface area (Å²) in [6, 6.07) is 8.97. The molecular weight excluding hydrogens is 396 g/mol. The zero-order chi connectivity index (χ0) is 19.6. The Labute approximate surface area is 164 Å². The number of halogens is 3. The largest absolute Gasteiger partial charge is 0.479 e. The number of carbonyl (C=O) groups excluding carboxylic acids is 1. The van der Waals surface area contributed by atoms with Gasteiger partial charge in [-0.05, 0) is 54.6 Å². The van der Waals surface area contributed by atoms with E-state index in [0.717, 1.165) is 0 Å². The van der Waals surface area contributed by atoms with Crippen molar-refractivity contribution < 1.29 is 13.9 Å². The average molecular weight is 410 g/mol. The molecule has 3 aromatic rings. The van der Waals surface area contributed by atoms with Crippen molar-refractivity contribution >= 4 is 34.8 Å². The molecule has 0 fully saturated rings. The Morgan fingerprint density at radius 1 is 1.30 bits per heavy atom. The van der Waals surface area contributed by atoms with Crippen molar-refractivity contribution in [3.05, 3.63) is 58.1 Å². The minimum atomic E-state index is -0.946. The molecule has 0 spiro atoms. The maximum Gasteiger partial charge on any atom is 0.265 e. The van der Waals surface area contributed by atoms with Gasteiger partial charge in [0.05, 0.1) is 16.4 Å². The second kappa shape index (κ2) is 7.89. The van der Waals surface area contributed by atoms with Gasteiger partial charge in [-0.15, -0.1) is 5.10 Å². The fourth-order valence-electron chi connectivity index (χ4n) is 2.26. The highest BCUT2D eigenvalue weighted by atomic mass is 35.5. The number of aromatic nitrogens is 4. The van der Waals surface area contributed by atoms with Crippen molar-refractivity contribution in [2.75, 3.05) is 5.32 Å². The summed E-state index contributed by atoms with van der Waals surface area (Å²) in [4.78, 5) is 12.4. The fourth-order valence-corrected chi connectivity index (χ4v) is 2.60. The molecule has 0 aliphatic carbocycles. The Morgan fingerprint density at radius 3 is 2.78 bits per heavy atom. The summed E-state index contributed by atoms with van der Waals surface area (Å²) >= 11 is 12.0. The SMILES string of the molecule is Cc1nnnn1-c1ccc(F)c(NC(=O)C(C)Oc2cccc(Cl)c2Cl)c1. The van der Waals surface area contributed by atoms with E-state index in [1.165, 1.54) is 29.8 Å². The quantitative estimate of drug-likeness (QED) is 0.692. The molecule has 0 aliphatic rings. The first-order valence-electron chi connectivity index (χ1n) is 7.83. The summed E-state index contributed by atoms with van der Waals surface area (Å²) in [5.41, 5.74) is 0.473. The lowest BCUT2D eigenvalue weighted by Gasteiger charge is -2.16. The number of anilines is 1. The van der Waals surface area contributed by atoms with Crippen LogP contribution >= 0.6 is 23.2 Å². The van der Waals surface area contributed by atoms with Gasteiger partial charge < -0.3 is 10.1 Å². The molecule has 140 valence electrons. The molecule has 0 bridgehead atoms. The third-order valence-corrected chi connectivity index (χ3v) is 4.47. The van der Waals surface area contributed by atoms with Crippen molar-refractivity contribution in [3.63, 3.8) is 0 Å². The van der Waals surface area contributed by atoms with Crippen LogP contribution in [0, 0.1) is 12.7 Å². The van der Waals surface area contributed by atoms with Crippen LogP contribution in [0.1, 0.15) is 12.7 Å². The van der Waals surface area contributed by atoms with E-state index in [9.17, 15) is 9.18 Å². The molecule has 1 aromatic heterocycles. The van der Waals surface area contributed by atoms with Gasteiger partial charge in [0, 0.05) is 0 Å². The summed E-state index contributed by atoms with van der Waals surface area (Å²) in [5.74, 6) is -0.391. The number of tetrazole rings is 1. The van der Waals surface area contributed by atoms with Crippen LogP contribution in [-0.2, 0) is 4.79 Å². The van der Waals surface area contributed by atoms with E-state index in [0.29, 0.717) is 16.5 Å². The number of ether oxygens (including phenoxy) is 1. The first-order valence-corrected chi connectivity index (χ1v) is 8.59. The van der Waals surface area contributed by atoms with Gasteiger partial charge in [-0.25, -0.2) is 4.39 Å². The molecule has 1 amide bonds. The maximum absolute atomic E-state index is 14.1. The number of nitrogens with zero attached hydrogens (tertiary/aromatic N) is 4.